The Kier molecular flexibility index (Phi) is 5.53. The summed E-state index contributed by atoms with van der Waals surface area (Å²) >= 11 is 0. The maximum Gasteiger partial charge on any atom is 0.0611 e. The fraction of sp³-hybridized carbons (Fsp3) is 1.00. The zero-order chi connectivity index (χ0) is 10.5. The standard InChI is InChI=1S/C10H24N2O/c1-6-12(5)9(2)7-10(3,8-13)11-4/h9,11,13H,6-8H2,1-5H3. The van der Waals surface area contributed by atoms with E-state index in [2.05, 4.69) is 31.1 Å². The summed E-state index contributed by atoms with van der Waals surface area (Å²) in [7, 11) is 4.01. The maximum absolute atomic E-state index is 9.21. The molecule has 0 radical (unpaired) electrons. The summed E-state index contributed by atoms with van der Waals surface area (Å²) in [6.07, 6.45) is 0.963. The van der Waals surface area contributed by atoms with Crippen LogP contribution in [0.2, 0.25) is 0 Å². The van der Waals surface area contributed by atoms with Crippen LogP contribution >= 0.6 is 0 Å². The summed E-state index contributed by atoms with van der Waals surface area (Å²) in [6, 6.07) is 0.495. The number of aliphatic hydroxyl groups excluding tert-OH is 1. The predicted molar refractivity (Wildman–Crippen MR) is 56.9 cm³/mol. The Labute approximate surface area is 82.1 Å². The van der Waals surface area contributed by atoms with Crippen LogP contribution in [0.15, 0.2) is 0 Å². The number of likely N-dealkylation sites (N-methyl/N-ethyl adjacent to an activating group) is 1. The third-order valence-corrected chi connectivity index (χ3v) is 2.95. The van der Waals surface area contributed by atoms with Crippen LogP contribution in [0.1, 0.15) is 27.2 Å². The molecule has 0 amide bonds. The van der Waals surface area contributed by atoms with Crippen molar-refractivity contribution in [1.29, 1.82) is 0 Å². The molecule has 0 aliphatic carbocycles. The minimum absolute atomic E-state index is 0.150. The highest BCUT2D eigenvalue weighted by Crippen LogP contribution is 2.14. The molecule has 13 heavy (non-hydrogen) atoms. The highest BCUT2D eigenvalue weighted by Gasteiger charge is 2.24. The van der Waals surface area contributed by atoms with Crippen molar-refractivity contribution in [1.82, 2.24) is 10.2 Å². The summed E-state index contributed by atoms with van der Waals surface area (Å²) in [5.41, 5.74) is -0.150. The van der Waals surface area contributed by atoms with Gasteiger partial charge in [-0.1, -0.05) is 6.92 Å². The lowest BCUT2D eigenvalue weighted by Crippen LogP contribution is -2.48. The SMILES string of the molecule is CCN(C)C(C)CC(C)(CO)NC. The first kappa shape index (κ1) is 12.9. The van der Waals surface area contributed by atoms with Gasteiger partial charge in [-0.05, 0) is 40.9 Å². The zero-order valence-corrected chi connectivity index (χ0v) is 9.59. The Bertz CT molecular complexity index is 135. The fourth-order valence-electron chi connectivity index (χ4n) is 1.37. The van der Waals surface area contributed by atoms with Crippen molar-refractivity contribution in [3.05, 3.63) is 0 Å². The van der Waals surface area contributed by atoms with Gasteiger partial charge in [-0.3, -0.25) is 0 Å². The Hall–Kier alpha value is -0.120. The molecule has 0 saturated carbocycles. The van der Waals surface area contributed by atoms with Crippen molar-refractivity contribution < 1.29 is 5.11 Å². The fourth-order valence-corrected chi connectivity index (χ4v) is 1.37. The number of hydrogen-bond donors (Lipinski definition) is 2. The number of hydrogen-bond acceptors (Lipinski definition) is 3. The Morgan fingerprint density at radius 2 is 2.08 bits per heavy atom. The largest absolute Gasteiger partial charge is 0.394 e. The van der Waals surface area contributed by atoms with Crippen molar-refractivity contribution in [2.75, 3.05) is 27.2 Å². The number of aliphatic hydroxyl groups is 1. The van der Waals surface area contributed by atoms with E-state index in [1.165, 1.54) is 0 Å². The highest BCUT2D eigenvalue weighted by molar-refractivity contribution is 4.85. The van der Waals surface area contributed by atoms with Gasteiger partial charge < -0.3 is 15.3 Å². The van der Waals surface area contributed by atoms with Gasteiger partial charge in [0.05, 0.1) is 6.61 Å². The minimum atomic E-state index is -0.150. The molecule has 0 saturated heterocycles. The summed E-state index contributed by atoms with van der Waals surface area (Å²) in [5.74, 6) is 0. The van der Waals surface area contributed by atoms with Gasteiger partial charge in [0.15, 0.2) is 0 Å². The van der Waals surface area contributed by atoms with E-state index in [1.54, 1.807) is 0 Å². The van der Waals surface area contributed by atoms with Crippen molar-refractivity contribution in [3.8, 4) is 0 Å². The molecular formula is C10H24N2O. The van der Waals surface area contributed by atoms with E-state index in [0.29, 0.717) is 6.04 Å². The third-order valence-electron chi connectivity index (χ3n) is 2.95. The van der Waals surface area contributed by atoms with Gasteiger partial charge in [0.25, 0.3) is 0 Å². The lowest BCUT2D eigenvalue weighted by Gasteiger charge is -2.33. The van der Waals surface area contributed by atoms with Crippen molar-refractivity contribution >= 4 is 0 Å². The van der Waals surface area contributed by atoms with E-state index < -0.39 is 0 Å². The number of nitrogens with zero attached hydrogens (tertiary/aromatic N) is 1. The molecule has 0 aliphatic heterocycles. The van der Waals surface area contributed by atoms with Gasteiger partial charge >= 0.3 is 0 Å². The van der Waals surface area contributed by atoms with E-state index in [9.17, 15) is 5.11 Å². The second-order valence-electron chi connectivity index (χ2n) is 4.10. The van der Waals surface area contributed by atoms with Gasteiger partial charge in [-0.2, -0.15) is 0 Å². The molecule has 3 nitrogen and oxygen atoms in total. The predicted octanol–water partition coefficient (Wildman–Crippen LogP) is 0.687. The summed E-state index contributed by atoms with van der Waals surface area (Å²) in [6.45, 7) is 7.62. The Balaban J connectivity index is 4.08. The minimum Gasteiger partial charge on any atom is -0.394 e. The molecule has 0 aromatic carbocycles. The number of nitrogens with one attached hydrogen (secondary N) is 1. The topological polar surface area (TPSA) is 35.5 Å². The molecule has 0 bridgehead atoms. The van der Waals surface area contributed by atoms with E-state index in [0.717, 1.165) is 13.0 Å². The molecule has 3 heteroatoms. The monoisotopic (exact) mass is 188 g/mol. The first-order chi connectivity index (χ1) is 5.99. The van der Waals surface area contributed by atoms with Crippen molar-refractivity contribution in [3.63, 3.8) is 0 Å². The second kappa shape index (κ2) is 5.58. The van der Waals surface area contributed by atoms with Crippen LogP contribution in [0.5, 0.6) is 0 Å². The van der Waals surface area contributed by atoms with Crippen LogP contribution in [0.4, 0.5) is 0 Å². The smallest absolute Gasteiger partial charge is 0.0611 e. The lowest BCUT2D eigenvalue weighted by molar-refractivity contribution is 0.135. The quantitative estimate of drug-likeness (QED) is 0.643. The first-order valence-electron chi connectivity index (χ1n) is 4.99. The third kappa shape index (κ3) is 4.07. The van der Waals surface area contributed by atoms with E-state index in [-0.39, 0.29) is 12.1 Å². The molecule has 0 spiro atoms. The van der Waals surface area contributed by atoms with Crippen LogP contribution in [-0.4, -0.2) is 48.8 Å². The van der Waals surface area contributed by atoms with Crippen LogP contribution in [0.3, 0.4) is 0 Å². The van der Waals surface area contributed by atoms with Gasteiger partial charge in [0, 0.05) is 11.6 Å². The van der Waals surface area contributed by atoms with Gasteiger partial charge in [0.2, 0.25) is 0 Å². The first-order valence-corrected chi connectivity index (χ1v) is 4.99. The molecule has 80 valence electrons. The van der Waals surface area contributed by atoms with Crippen molar-refractivity contribution in [2.24, 2.45) is 0 Å². The van der Waals surface area contributed by atoms with Crippen LogP contribution < -0.4 is 5.32 Å². The van der Waals surface area contributed by atoms with E-state index >= 15 is 0 Å². The molecular weight excluding hydrogens is 164 g/mol. The Morgan fingerprint density at radius 1 is 1.54 bits per heavy atom. The lowest BCUT2D eigenvalue weighted by atomic mass is 9.94. The van der Waals surface area contributed by atoms with Crippen LogP contribution in [0.25, 0.3) is 0 Å². The summed E-state index contributed by atoms with van der Waals surface area (Å²) < 4.78 is 0. The zero-order valence-electron chi connectivity index (χ0n) is 9.59. The summed E-state index contributed by atoms with van der Waals surface area (Å²) in [5, 5.41) is 12.4. The van der Waals surface area contributed by atoms with E-state index in [4.69, 9.17) is 0 Å². The van der Waals surface area contributed by atoms with Gasteiger partial charge in [-0.25, -0.2) is 0 Å². The molecule has 0 heterocycles. The molecule has 0 aromatic rings. The molecule has 0 fully saturated rings. The molecule has 2 atom stereocenters. The summed E-state index contributed by atoms with van der Waals surface area (Å²) in [4.78, 5) is 2.28. The average molecular weight is 188 g/mol. The normalized spacial score (nSPS) is 18.7. The van der Waals surface area contributed by atoms with Gasteiger partial charge in [-0.15, -0.1) is 0 Å². The number of rotatable bonds is 6. The highest BCUT2D eigenvalue weighted by atomic mass is 16.3. The van der Waals surface area contributed by atoms with Crippen LogP contribution in [0, 0.1) is 0 Å². The van der Waals surface area contributed by atoms with Gasteiger partial charge in [0.1, 0.15) is 0 Å². The molecule has 0 aromatic heterocycles. The molecule has 2 N–H and O–H groups in total. The van der Waals surface area contributed by atoms with Crippen LogP contribution in [-0.2, 0) is 0 Å². The average Bonchev–Trinajstić information content (AvgIpc) is 2.16. The Morgan fingerprint density at radius 3 is 2.38 bits per heavy atom. The molecule has 2 unspecified atom stereocenters. The molecule has 0 rings (SSSR count). The van der Waals surface area contributed by atoms with Crippen molar-refractivity contribution in [2.45, 2.75) is 38.8 Å². The van der Waals surface area contributed by atoms with E-state index in [1.807, 2.05) is 14.0 Å². The maximum atomic E-state index is 9.21. The second-order valence-corrected chi connectivity index (χ2v) is 4.10. The molecule has 0 aliphatic rings.